The summed E-state index contributed by atoms with van der Waals surface area (Å²) in [4.78, 5) is 0. The average Bonchev–Trinajstić information content (AvgIpc) is 3.45. The number of rotatable bonds is 2. The highest BCUT2D eigenvalue weighted by Crippen LogP contribution is 2.52. The summed E-state index contributed by atoms with van der Waals surface area (Å²) in [6.45, 7) is 4.73. The molecule has 0 spiro atoms. The van der Waals surface area contributed by atoms with E-state index < -0.39 is 0 Å². The highest BCUT2D eigenvalue weighted by Gasteiger charge is 2.35. The molecule has 41 heavy (non-hydrogen) atoms. The molecule has 0 N–H and O–H groups in total. The van der Waals surface area contributed by atoms with Crippen molar-refractivity contribution in [1.82, 2.24) is 0 Å². The fourth-order valence-corrected chi connectivity index (χ4v) is 7.55. The minimum absolute atomic E-state index is 0.0308. The first-order chi connectivity index (χ1) is 20.1. The molecule has 9 rings (SSSR count). The Hall–Kier alpha value is -4.94. The molecule has 0 aliphatic heterocycles. The number of hydrogen-bond acceptors (Lipinski definition) is 0. The molecule has 7 aromatic rings. The van der Waals surface area contributed by atoms with Crippen LogP contribution in [0.25, 0.3) is 77.2 Å². The van der Waals surface area contributed by atoms with Gasteiger partial charge in [0.15, 0.2) is 0 Å². The summed E-state index contributed by atoms with van der Waals surface area (Å²) in [7, 11) is 0. The van der Waals surface area contributed by atoms with Crippen LogP contribution >= 0.6 is 0 Å². The van der Waals surface area contributed by atoms with Crippen molar-refractivity contribution in [2.24, 2.45) is 0 Å². The predicted octanol–water partition coefficient (Wildman–Crippen LogP) is 11.3. The first kappa shape index (κ1) is 22.8. The SMILES string of the molecule is CC1(C)c2ccccc2-c2ccc(-c3cc4cc5c(cc4cc3-c3ccccc3)-c3cccc4cccc-5c34)cc21. The lowest BCUT2D eigenvalue weighted by molar-refractivity contribution is 0.660. The zero-order chi connectivity index (χ0) is 27.3. The van der Waals surface area contributed by atoms with Crippen molar-refractivity contribution in [3.05, 3.63) is 145 Å². The van der Waals surface area contributed by atoms with E-state index >= 15 is 0 Å². The molecule has 0 saturated carbocycles. The Kier molecular flexibility index (Phi) is 4.49. The van der Waals surface area contributed by atoms with Gasteiger partial charge in [-0.15, -0.1) is 0 Å². The van der Waals surface area contributed by atoms with Gasteiger partial charge in [0.05, 0.1) is 0 Å². The average molecular weight is 521 g/mol. The molecule has 7 aromatic carbocycles. The smallest absolute Gasteiger partial charge is 0.0159 e. The monoisotopic (exact) mass is 520 g/mol. The number of hydrogen-bond donors (Lipinski definition) is 0. The largest absolute Gasteiger partial charge is 0.0622 e. The van der Waals surface area contributed by atoms with Crippen molar-refractivity contribution in [3.8, 4) is 55.6 Å². The fraction of sp³-hybridized carbons (Fsp3) is 0.0732. The zero-order valence-corrected chi connectivity index (χ0v) is 23.2. The van der Waals surface area contributed by atoms with Crippen molar-refractivity contribution in [2.45, 2.75) is 19.3 Å². The molecule has 0 radical (unpaired) electrons. The Morgan fingerprint density at radius 3 is 1.61 bits per heavy atom. The predicted molar refractivity (Wildman–Crippen MR) is 174 cm³/mol. The molecular weight excluding hydrogens is 492 g/mol. The lowest BCUT2D eigenvalue weighted by Crippen LogP contribution is -2.14. The van der Waals surface area contributed by atoms with E-state index in [0.29, 0.717) is 0 Å². The van der Waals surface area contributed by atoms with E-state index in [1.54, 1.807) is 0 Å². The lowest BCUT2D eigenvalue weighted by Gasteiger charge is -2.22. The van der Waals surface area contributed by atoms with E-state index in [-0.39, 0.29) is 5.41 Å². The molecule has 0 nitrogen and oxygen atoms in total. The Morgan fingerprint density at radius 1 is 0.341 bits per heavy atom. The molecular formula is C41H28. The minimum Gasteiger partial charge on any atom is -0.0622 e. The molecule has 2 aliphatic carbocycles. The Bertz CT molecular complexity index is 2210. The summed E-state index contributed by atoms with van der Waals surface area (Å²) in [5.74, 6) is 0. The topological polar surface area (TPSA) is 0 Å². The van der Waals surface area contributed by atoms with Crippen LogP contribution < -0.4 is 0 Å². The fourth-order valence-electron chi connectivity index (χ4n) is 7.55. The highest BCUT2D eigenvalue weighted by atomic mass is 14.4. The molecule has 192 valence electrons. The molecule has 0 heteroatoms. The molecule has 2 aliphatic rings. The van der Waals surface area contributed by atoms with Gasteiger partial charge in [-0.1, -0.05) is 117 Å². The van der Waals surface area contributed by atoms with Gasteiger partial charge in [0.1, 0.15) is 0 Å². The third kappa shape index (κ3) is 3.11. The molecule has 0 bridgehead atoms. The van der Waals surface area contributed by atoms with Gasteiger partial charge in [-0.2, -0.15) is 0 Å². The third-order valence-electron chi connectivity index (χ3n) is 9.58. The van der Waals surface area contributed by atoms with Crippen molar-refractivity contribution < 1.29 is 0 Å². The minimum atomic E-state index is -0.0308. The van der Waals surface area contributed by atoms with Gasteiger partial charge < -0.3 is 0 Å². The lowest BCUT2D eigenvalue weighted by atomic mass is 9.81. The van der Waals surface area contributed by atoms with E-state index in [4.69, 9.17) is 0 Å². The van der Waals surface area contributed by atoms with Crippen molar-refractivity contribution in [1.29, 1.82) is 0 Å². The van der Waals surface area contributed by atoms with Gasteiger partial charge >= 0.3 is 0 Å². The molecule has 0 atom stereocenters. The normalized spacial score (nSPS) is 13.8. The van der Waals surface area contributed by atoms with Gasteiger partial charge in [-0.25, -0.2) is 0 Å². The van der Waals surface area contributed by atoms with Gasteiger partial charge in [0.25, 0.3) is 0 Å². The summed E-state index contributed by atoms with van der Waals surface area (Å²) in [6.07, 6.45) is 0. The summed E-state index contributed by atoms with van der Waals surface area (Å²) >= 11 is 0. The maximum absolute atomic E-state index is 2.45. The van der Waals surface area contributed by atoms with Gasteiger partial charge in [0.2, 0.25) is 0 Å². The zero-order valence-electron chi connectivity index (χ0n) is 23.2. The van der Waals surface area contributed by atoms with Crippen LogP contribution in [-0.2, 0) is 5.41 Å². The third-order valence-corrected chi connectivity index (χ3v) is 9.58. The second-order valence-corrected chi connectivity index (χ2v) is 12.1. The van der Waals surface area contributed by atoms with E-state index in [2.05, 4.69) is 147 Å². The standard InChI is InChI=1S/C41H28/c1-41(2)38-17-7-6-14-30(38)31-19-18-27(24-39(31)41)35-21-29-23-37-33-16-9-13-26-12-8-15-32(40(26)33)36(37)22-28(29)20-34(35)25-10-4-3-5-11-25/h3-24H,1-2H3. The molecule has 0 unspecified atom stereocenters. The van der Waals surface area contributed by atoms with Crippen molar-refractivity contribution in [2.75, 3.05) is 0 Å². The van der Waals surface area contributed by atoms with Crippen LogP contribution in [0.1, 0.15) is 25.0 Å². The van der Waals surface area contributed by atoms with Gasteiger partial charge in [-0.05, 0) is 119 Å². The Labute approximate surface area is 240 Å². The first-order valence-electron chi connectivity index (χ1n) is 14.5. The van der Waals surface area contributed by atoms with Crippen LogP contribution in [0.5, 0.6) is 0 Å². The quantitative estimate of drug-likeness (QED) is 0.213. The second kappa shape index (κ2) is 8.05. The summed E-state index contributed by atoms with van der Waals surface area (Å²) in [5.41, 5.74) is 16.0. The molecule has 0 aromatic heterocycles. The van der Waals surface area contributed by atoms with E-state index in [9.17, 15) is 0 Å². The number of fused-ring (bicyclic) bond motifs is 7. The van der Waals surface area contributed by atoms with Crippen LogP contribution in [0.4, 0.5) is 0 Å². The Balaban J connectivity index is 1.31. The molecule has 0 heterocycles. The number of benzene rings is 7. The Morgan fingerprint density at radius 2 is 0.902 bits per heavy atom. The second-order valence-electron chi connectivity index (χ2n) is 12.1. The van der Waals surface area contributed by atoms with Crippen LogP contribution in [0.2, 0.25) is 0 Å². The van der Waals surface area contributed by atoms with Crippen LogP contribution in [0, 0.1) is 0 Å². The van der Waals surface area contributed by atoms with Crippen LogP contribution in [0.15, 0.2) is 133 Å². The van der Waals surface area contributed by atoms with E-state index in [1.165, 1.54) is 88.3 Å². The molecule has 0 saturated heterocycles. The van der Waals surface area contributed by atoms with Crippen molar-refractivity contribution >= 4 is 21.5 Å². The van der Waals surface area contributed by atoms with Crippen LogP contribution in [-0.4, -0.2) is 0 Å². The van der Waals surface area contributed by atoms with Crippen molar-refractivity contribution in [3.63, 3.8) is 0 Å². The molecule has 0 amide bonds. The van der Waals surface area contributed by atoms with E-state index in [1.807, 2.05) is 0 Å². The van der Waals surface area contributed by atoms with Gasteiger partial charge in [0, 0.05) is 5.41 Å². The molecule has 0 fully saturated rings. The summed E-state index contributed by atoms with van der Waals surface area (Å²) < 4.78 is 0. The first-order valence-corrected chi connectivity index (χ1v) is 14.5. The van der Waals surface area contributed by atoms with E-state index in [0.717, 1.165) is 0 Å². The highest BCUT2D eigenvalue weighted by molar-refractivity contribution is 6.17. The summed E-state index contributed by atoms with van der Waals surface area (Å²) in [5, 5.41) is 5.26. The maximum Gasteiger partial charge on any atom is 0.0159 e. The van der Waals surface area contributed by atoms with Crippen LogP contribution in [0.3, 0.4) is 0 Å². The maximum atomic E-state index is 2.45. The summed E-state index contributed by atoms with van der Waals surface area (Å²) in [6, 6.07) is 50.0. The van der Waals surface area contributed by atoms with Gasteiger partial charge in [-0.3, -0.25) is 0 Å².